The van der Waals surface area contributed by atoms with E-state index in [1.54, 1.807) is 0 Å². The number of alkyl halides is 3. The molecule has 1 radical (unpaired) electrons. The van der Waals surface area contributed by atoms with E-state index in [0.29, 0.717) is 0 Å². The Hall–Kier alpha value is -1.10. The first-order chi connectivity index (χ1) is 5.91. The fourth-order valence-corrected chi connectivity index (χ4v) is 0.793. The molecule has 0 saturated carbocycles. The topological polar surface area (TPSA) is 26.0 Å². The molecule has 0 unspecified atom stereocenters. The maximum atomic E-state index is 12.3. The first-order valence-electron chi connectivity index (χ1n) is 3.37. The van der Waals surface area contributed by atoms with Crippen LogP contribution in [0.3, 0.4) is 0 Å². The number of benzene rings is 1. The van der Waals surface area contributed by atoms with Crippen molar-refractivity contribution in [3.05, 3.63) is 41.7 Å². The zero-order valence-electron chi connectivity index (χ0n) is 6.40. The zero-order valence-corrected chi connectivity index (χ0v) is 6.40. The molecular weight excluding hydrogens is 186 g/mol. The van der Waals surface area contributed by atoms with E-state index in [0.717, 1.165) is 24.3 Å². The Labute approximate surface area is 72.2 Å². The Kier molecular flexibility index (Phi) is 2.56. The number of nitrogens with two attached hydrogens (primary N) is 1. The van der Waals surface area contributed by atoms with Gasteiger partial charge < -0.3 is 5.73 Å². The molecule has 0 fully saturated rings. The van der Waals surface area contributed by atoms with Crippen molar-refractivity contribution in [2.45, 2.75) is 6.18 Å². The van der Waals surface area contributed by atoms with Crippen molar-refractivity contribution in [3.63, 3.8) is 0 Å². The van der Waals surface area contributed by atoms with Gasteiger partial charge in [0.05, 0.1) is 0 Å². The summed E-state index contributed by atoms with van der Waals surface area (Å²) in [5.74, 6) is -0.598. The van der Waals surface area contributed by atoms with Crippen LogP contribution in [-0.4, -0.2) is 6.18 Å². The lowest BCUT2D eigenvalue weighted by atomic mass is 10.1. The molecule has 0 aliphatic rings. The molecule has 1 aromatic rings. The molecule has 0 spiro atoms. The highest BCUT2D eigenvalue weighted by Gasteiger charge is 2.38. The lowest BCUT2D eigenvalue weighted by molar-refractivity contribution is -0.110. The number of hydrogen-bond donors (Lipinski definition) is 1. The highest BCUT2D eigenvalue weighted by Crippen LogP contribution is 2.29. The molecule has 0 amide bonds. The summed E-state index contributed by atoms with van der Waals surface area (Å²) in [5.41, 5.74) is 4.56. The Bertz CT molecular complexity index is 277. The van der Waals surface area contributed by atoms with Crippen LogP contribution < -0.4 is 5.73 Å². The molecule has 0 saturated heterocycles. The van der Waals surface area contributed by atoms with Gasteiger partial charge in [0.2, 0.25) is 0 Å². The monoisotopic (exact) mass is 192 g/mol. The predicted octanol–water partition coefficient (Wildman–Crippen LogP) is 2.23. The van der Waals surface area contributed by atoms with Crippen LogP contribution in [0, 0.1) is 11.9 Å². The molecule has 0 aliphatic carbocycles. The third-order valence-electron chi connectivity index (χ3n) is 1.46. The summed E-state index contributed by atoms with van der Waals surface area (Å²) in [7, 11) is 0. The van der Waals surface area contributed by atoms with E-state index in [1.807, 2.05) is 0 Å². The van der Waals surface area contributed by atoms with Crippen LogP contribution in [0.25, 0.3) is 0 Å². The van der Waals surface area contributed by atoms with E-state index in [9.17, 15) is 17.6 Å². The summed E-state index contributed by atoms with van der Waals surface area (Å²) in [6, 6.07) is 2.60. The fourth-order valence-electron chi connectivity index (χ4n) is 0.793. The van der Waals surface area contributed by atoms with Gasteiger partial charge in [-0.05, 0) is 17.7 Å². The van der Waals surface area contributed by atoms with Gasteiger partial charge in [0, 0.05) is 0 Å². The summed E-state index contributed by atoms with van der Waals surface area (Å²) in [6.45, 7) is 0. The van der Waals surface area contributed by atoms with Crippen LogP contribution in [-0.2, 0) is 0 Å². The molecule has 1 nitrogen and oxygen atoms in total. The molecular formula is C8H6F4N. The van der Waals surface area contributed by atoms with Gasteiger partial charge in [-0.3, -0.25) is 0 Å². The molecule has 5 heteroatoms. The van der Waals surface area contributed by atoms with E-state index in [4.69, 9.17) is 5.73 Å². The summed E-state index contributed by atoms with van der Waals surface area (Å²) >= 11 is 0. The highest BCUT2D eigenvalue weighted by molar-refractivity contribution is 5.31. The van der Waals surface area contributed by atoms with E-state index < -0.39 is 18.0 Å². The predicted molar refractivity (Wildman–Crippen MR) is 39.0 cm³/mol. The summed E-state index contributed by atoms with van der Waals surface area (Å²) in [4.78, 5) is 0. The second kappa shape index (κ2) is 3.33. The first-order valence-corrected chi connectivity index (χ1v) is 3.37. The van der Waals surface area contributed by atoms with Crippen molar-refractivity contribution in [1.82, 2.24) is 0 Å². The Balaban J connectivity index is 2.90. The average molecular weight is 192 g/mol. The molecule has 71 valence electrons. The summed E-state index contributed by atoms with van der Waals surface area (Å²) in [6.07, 6.45) is -4.57. The van der Waals surface area contributed by atoms with Crippen molar-refractivity contribution in [2.75, 3.05) is 0 Å². The van der Waals surface area contributed by atoms with E-state index in [1.165, 1.54) is 0 Å². The molecule has 2 N–H and O–H groups in total. The largest absolute Gasteiger partial charge is 0.413 e. The SMILES string of the molecule is N[C](c1ccc(F)cc1)C(F)(F)F. The van der Waals surface area contributed by atoms with Gasteiger partial charge in [-0.2, -0.15) is 13.2 Å². The maximum absolute atomic E-state index is 12.3. The Morgan fingerprint density at radius 3 is 1.92 bits per heavy atom. The zero-order chi connectivity index (χ0) is 10.1. The number of rotatable bonds is 1. The third-order valence-corrected chi connectivity index (χ3v) is 1.46. The van der Waals surface area contributed by atoms with Gasteiger partial charge in [-0.15, -0.1) is 0 Å². The second-order valence-corrected chi connectivity index (χ2v) is 2.42. The maximum Gasteiger partial charge on any atom is 0.413 e. The summed E-state index contributed by atoms with van der Waals surface area (Å²) in [5, 5.41) is 0. The number of halogens is 4. The van der Waals surface area contributed by atoms with Gasteiger partial charge in [0.25, 0.3) is 0 Å². The van der Waals surface area contributed by atoms with Crippen LogP contribution in [0.2, 0.25) is 0 Å². The molecule has 1 rings (SSSR count). The minimum Gasteiger partial charge on any atom is -0.312 e. The lowest BCUT2D eigenvalue weighted by Crippen LogP contribution is -2.29. The second-order valence-electron chi connectivity index (χ2n) is 2.42. The van der Waals surface area contributed by atoms with Crippen molar-refractivity contribution in [3.8, 4) is 0 Å². The quantitative estimate of drug-likeness (QED) is 0.678. The molecule has 0 heterocycles. The average Bonchev–Trinajstić information content (AvgIpc) is 2.03. The van der Waals surface area contributed by atoms with Gasteiger partial charge >= 0.3 is 6.18 Å². The molecule has 0 bridgehead atoms. The molecule has 0 aliphatic heterocycles. The molecule has 0 atom stereocenters. The standard InChI is InChI=1S/C8H6F4N/c9-6-3-1-5(2-4-6)7(13)8(10,11)12/h1-4H,13H2. The van der Waals surface area contributed by atoms with Crippen LogP contribution in [0.1, 0.15) is 5.56 Å². The van der Waals surface area contributed by atoms with Gasteiger partial charge in [-0.25, -0.2) is 4.39 Å². The molecule has 0 aromatic heterocycles. The highest BCUT2D eigenvalue weighted by atomic mass is 19.4. The third kappa shape index (κ3) is 2.42. The van der Waals surface area contributed by atoms with Gasteiger partial charge in [0.15, 0.2) is 6.04 Å². The Morgan fingerprint density at radius 1 is 1.08 bits per heavy atom. The van der Waals surface area contributed by atoms with E-state index >= 15 is 0 Å². The fraction of sp³-hybridized carbons (Fsp3) is 0.125. The van der Waals surface area contributed by atoms with Crippen molar-refractivity contribution < 1.29 is 17.6 Å². The van der Waals surface area contributed by atoms with Crippen LogP contribution in [0.5, 0.6) is 0 Å². The minimum absolute atomic E-state index is 0.228. The van der Waals surface area contributed by atoms with E-state index in [-0.39, 0.29) is 5.56 Å². The summed E-state index contributed by atoms with van der Waals surface area (Å²) < 4.78 is 48.3. The smallest absolute Gasteiger partial charge is 0.312 e. The van der Waals surface area contributed by atoms with Crippen LogP contribution in [0.15, 0.2) is 24.3 Å². The van der Waals surface area contributed by atoms with Gasteiger partial charge in [-0.1, -0.05) is 12.1 Å². The molecule has 13 heavy (non-hydrogen) atoms. The normalized spacial score (nSPS) is 12.2. The first kappa shape index (κ1) is 9.98. The van der Waals surface area contributed by atoms with Crippen LogP contribution >= 0.6 is 0 Å². The minimum atomic E-state index is -4.57. The number of hydrogen-bond acceptors (Lipinski definition) is 1. The van der Waals surface area contributed by atoms with Crippen molar-refractivity contribution in [2.24, 2.45) is 5.73 Å². The lowest BCUT2D eigenvalue weighted by Gasteiger charge is -2.13. The van der Waals surface area contributed by atoms with Gasteiger partial charge in [0.1, 0.15) is 5.82 Å². The van der Waals surface area contributed by atoms with Crippen LogP contribution in [0.4, 0.5) is 17.6 Å². The molecule has 1 aromatic carbocycles. The van der Waals surface area contributed by atoms with E-state index in [2.05, 4.69) is 0 Å². The van der Waals surface area contributed by atoms with Crippen molar-refractivity contribution >= 4 is 0 Å². The Morgan fingerprint density at radius 2 is 1.54 bits per heavy atom. The van der Waals surface area contributed by atoms with Crippen molar-refractivity contribution in [1.29, 1.82) is 0 Å².